The summed E-state index contributed by atoms with van der Waals surface area (Å²) < 4.78 is 0. The van der Waals surface area contributed by atoms with Crippen LogP contribution in [0.4, 0.5) is 0 Å². The zero-order valence-electron chi connectivity index (χ0n) is 11.8. The first-order valence-electron chi connectivity index (χ1n) is 6.63. The molecule has 3 nitrogen and oxygen atoms in total. The maximum atomic E-state index is 12.1. The molecule has 1 rings (SSSR count). The number of rotatable bonds is 6. The molecule has 0 spiro atoms. The molecule has 0 aliphatic heterocycles. The van der Waals surface area contributed by atoms with Crippen LogP contribution in [0.25, 0.3) is 0 Å². The van der Waals surface area contributed by atoms with Crippen LogP contribution in [0.2, 0.25) is 0 Å². The van der Waals surface area contributed by atoms with E-state index in [-0.39, 0.29) is 11.9 Å². The first-order chi connectivity index (χ1) is 8.93. The van der Waals surface area contributed by atoms with Gasteiger partial charge in [-0.2, -0.15) is 0 Å². The summed E-state index contributed by atoms with van der Waals surface area (Å²) in [5.41, 5.74) is 7.42. The summed E-state index contributed by atoms with van der Waals surface area (Å²) in [6.07, 6.45) is 1.36. The lowest BCUT2D eigenvalue weighted by Crippen LogP contribution is -2.37. The summed E-state index contributed by atoms with van der Waals surface area (Å²) >= 11 is 4.88. The second-order valence-corrected chi connectivity index (χ2v) is 5.55. The third-order valence-electron chi connectivity index (χ3n) is 3.12. The van der Waals surface area contributed by atoms with E-state index in [2.05, 4.69) is 19.2 Å². The van der Waals surface area contributed by atoms with Crippen molar-refractivity contribution in [2.75, 3.05) is 0 Å². The number of carbonyl (C=O) groups is 1. The van der Waals surface area contributed by atoms with Crippen molar-refractivity contribution >= 4 is 23.1 Å². The van der Waals surface area contributed by atoms with E-state index in [0.717, 1.165) is 6.42 Å². The Kier molecular flexibility index (Phi) is 5.96. The standard InChI is InChI=1S/C15H22N2OS/c1-4-13(9-14(16)19)17-15(18)12-7-5-11(6-8-12)10(2)3/h5-8,10,13H,4,9H2,1-3H3,(H2,16,19)(H,17,18). The number of amides is 1. The smallest absolute Gasteiger partial charge is 0.251 e. The molecule has 1 aromatic carbocycles. The largest absolute Gasteiger partial charge is 0.393 e. The van der Waals surface area contributed by atoms with Gasteiger partial charge in [0.2, 0.25) is 0 Å². The average Bonchev–Trinajstić information content (AvgIpc) is 2.37. The topological polar surface area (TPSA) is 55.1 Å². The number of hydrogen-bond acceptors (Lipinski definition) is 2. The van der Waals surface area contributed by atoms with Crippen molar-refractivity contribution in [2.45, 2.75) is 45.6 Å². The zero-order chi connectivity index (χ0) is 14.4. The van der Waals surface area contributed by atoms with Crippen molar-refractivity contribution in [3.05, 3.63) is 35.4 Å². The van der Waals surface area contributed by atoms with Gasteiger partial charge in [-0.3, -0.25) is 4.79 Å². The van der Waals surface area contributed by atoms with Crippen LogP contribution in [0.15, 0.2) is 24.3 Å². The molecule has 0 saturated heterocycles. The highest BCUT2D eigenvalue weighted by atomic mass is 32.1. The third-order valence-corrected chi connectivity index (χ3v) is 3.28. The van der Waals surface area contributed by atoms with Gasteiger partial charge in [-0.15, -0.1) is 0 Å². The third kappa shape index (κ3) is 4.99. The van der Waals surface area contributed by atoms with Crippen molar-refractivity contribution in [2.24, 2.45) is 5.73 Å². The number of nitrogens with two attached hydrogens (primary N) is 1. The quantitative estimate of drug-likeness (QED) is 0.787. The predicted octanol–water partition coefficient (Wildman–Crippen LogP) is 2.99. The Bertz CT molecular complexity index is 440. The first-order valence-corrected chi connectivity index (χ1v) is 7.04. The van der Waals surface area contributed by atoms with Gasteiger partial charge in [0.15, 0.2) is 0 Å². The molecule has 4 heteroatoms. The van der Waals surface area contributed by atoms with E-state index in [0.29, 0.717) is 22.9 Å². The Balaban J connectivity index is 2.69. The molecule has 3 N–H and O–H groups in total. The number of thiocarbonyl (C=S) groups is 1. The van der Waals surface area contributed by atoms with Gasteiger partial charge in [-0.1, -0.05) is 45.1 Å². The zero-order valence-corrected chi connectivity index (χ0v) is 12.6. The lowest BCUT2D eigenvalue weighted by atomic mass is 10.0. The minimum atomic E-state index is -0.0709. The lowest BCUT2D eigenvalue weighted by molar-refractivity contribution is 0.0937. The Morgan fingerprint density at radius 2 is 1.89 bits per heavy atom. The molecule has 0 aliphatic carbocycles. The van der Waals surface area contributed by atoms with Crippen molar-refractivity contribution in [1.82, 2.24) is 5.32 Å². The fourth-order valence-electron chi connectivity index (χ4n) is 1.83. The Morgan fingerprint density at radius 3 is 2.32 bits per heavy atom. The molecule has 0 aliphatic rings. The van der Waals surface area contributed by atoms with Crippen molar-refractivity contribution in [1.29, 1.82) is 0 Å². The normalized spacial score (nSPS) is 12.2. The summed E-state index contributed by atoms with van der Waals surface area (Å²) in [6.45, 7) is 6.26. The Hall–Kier alpha value is -1.42. The number of carbonyl (C=O) groups excluding carboxylic acids is 1. The monoisotopic (exact) mass is 278 g/mol. The highest BCUT2D eigenvalue weighted by Gasteiger charge is 2.13. The van der Waals surface area contributed by atoms with Crippen molar-refractivity contribution in [3.8, 4) is 0 Å². The second kappa shape index (κ2) is 7.24. The molecule has 1 unspecified atom stereocenters. The van der Waals surface area contributed by atoms with Gasteiger partial charge in [0, 0.05) is 18.0 Å². The van der Waals surface area contributed by atoms with Gasteiger partial charge in [0.1, 0.15) is 0 Å². The molecule has 0 bridgehead atoms. The summed E-state index contributed by atoms with van der Waals surface area (Å²) in [6, 6.07) is 7.72. The van der Waals surface area contributed by atoms with Gasteiger partial charge < -0.3 is 11.1 Å². The van der Waals surface area contributed by atoms with E-state index in [4.69, 9.17) is 18.0 Å². The SMILES string of the molecule is CCC(CC(N)=S)NC(=O)c1ccc(C(C)C)cc1. The molecule has 104 valence electrons. The van der Waals surface area contributed by atoms with Crippen LogP contribution >= 0.6 is 12.2 Å². The van der Waals surface area contributed by atoms with Crippen LogP contribution in [0.5, 0.6) is 0 Å². The molecular formula is C15H22N2OS. The molecule has 1 aromatic rings. The number of hydrogen-bond donors (Lipinski definition) is 2. The van der Waals surface area contributed by atoms with E-state index in [1.54, 1.807) is 0 Å². The first kappa shape index (κ1) is 15.6. The minimum Gasteiger partial charge on any atom is -0.393 e. The molecular weight excluding hydrogens is 256 g/mol. The van der Waals surface area contributed by atoms with E-state index in [9.17, 15) is 4.79 Å². The molecule has 0 heterocycles. The molecule has 0 saturated carbocycles. The molecule has 1 atom stereocenters. The molecule has 0 fully saturated rings. The van der Waals surface area contributed by atoms with Crippen LogP contribution in [-0.2, 0) is 0 Å². The number of nitrogens with one attached hydrogen (secondary N) is 1. The van der Waals surface area contributed by atoms with Gasteiger partial charge in [-0.05, 0) is 30.0 Å². The van der Waals surface area contributed by atoms with Crippen LogP contribution in [0, 0.1) is 0 Å². The number of benzene rings is 1. The van der Waals surface area contributed by atoms with Crippen LogP contribution in [-0.4, -0.2) is 16.9 Å². The van der Waals surface area contributed by atoms with Crippen LogP contribution in [0.1, 0.15) is 55.5 Å². The fourth-order valence-corrected chi connectivity index (χ4v) is 2.03. The van der Waals surface area contributed by atoms with E-state index in [1.165, 1.54) is 5.56 Å². The predicted molar refractivity (Wildman–Crippen MR) is 83.5 cm³/mol. The second-order valence-electron chi connectivity index (χ2n) is 5.03. The summed E-state index contributed by atoms with van der Waals surface area (Å²) in [5.74, 6) is 0.397. The van der Waals surface area contributed by atoms with Gasteiger partial charge in [0.25, 0.3) is 5.91 Å². The van der Waals surface area contributed by atoms with Crippen LogP contribution in [0.3, 0.4) is 0 Å². The summed E-state index contributed by atoms with van der Waals surface area (Å²) in [4.78, 5) is 12.5. The van der Waals surface area contributed by atoms with E-state index >= 15 is 0 Å². The van der Waals surface area contributed by atoms with Crippen LogP contribution < -0.4 is 11.1 Å². The molecule has 0 aromatic heterocycles. The maximum absolute atomic E-state index is 12.1. The summed E-state index contributed by atoms with van der Waals surface area (Å²) in [7, 11) is 0. The highest BCUT2D eigenvalue weighted by molar-refractivity contribution is 7.80. The van der Waals surface area contributed by atoms with Crippen molar-refractivity contribution < 1.29 is 4.79 Å². The van der Waals surface area contributed by atoms with Gasteiger partial charge in [-0.25, -0.2) is 0 Å². The molecule has 0 radical (unpaired) electrons. The average molecular weight is 278 g/mol. The molecule has 19 heavy (non-hydrogen) atoms. The van der Waals surface area contributed by atoms with Gasteiger partial charge >= 0.3 is 0 Å². The lowest BCUT2D eigenvalue weighted by Gasteiger charge is -2.16. The molecule has 1 amide bonds. The fraction of sp³-hybridized carbons (Fsp3) is 0.467. The Morgan fingerprint density at radius 1 is 1.32 bits per heavy atom. The minimum absolute atomic E-state index is 0.00905. The highest BCUT2D eigenvalue weighted by Crippen LogP contribution is 2.14. The Labute approximate surface area is 120 Å². The van der Waals surface area contributed by atoms with Gasteiger partial charge in [0.05, 0.1) is 4.99 Å². The van der Waals surface area contributed by atoms with E-state index in [1.807, 2.05) is 31.2 Å². The van der Waals surface area contributed by atoms with E-state index < -0.39 is 0 Å². The summed E-state index contributed by atoms with van der Waals surface area (Å²) in [5, 5.41) is 2.96. The maximum Gasteiger partial charge on any atom is 0.251 e. The van der Waals surface area contributed by atoms with Crippen molar-refractivity contribution in [3.63, 3.8) is 0 Å².